The summed E-state index contributed by atoms with van der Waals surface area (Å²) in [6.07, 6.45) is -17.8. The largest absolute Gasteiger partial charge is 0.574 e. The van der Waals surface area contributed by atoms with Gasteiger partial charge in [-0.2, -0.15) is 0 Å². The van der Waals surface area contributed by atoms with Crippen LogP contribution in [0.3, 0.4) is 0 Å². The van der Waals surface area contributed by atoms with Crippen LogP contribution >= 0.6 is 0 Å². The van der Waals surface area contributed by atoms with Crippen LogP contribution in [0, 0.1) is 0 Å². The van der Waals surface area contributed by atoms with Crippen molar-refractivity contribution in [2.45, 2.75) is 44.5 Å². The third-order valence-corrected chi connectivity index (χ3v) is 3.33. The molecule has 0 saturated carbocycles. The summed E-state index contributed by atoms with van der Waals surface area (Å²) in [5.41, 5.74) is 0. The maximum absolute atomic E-state index is 11.8. The first-order valence-corrected chi connectivity index (χ1v) is 7.05. The van der Waals surface area contributed by atoms with E-state index in [1.54, 1.807) is 0 Å². The van der Waals surface area contributed by atoms with Crippen molar-refractivity contribution in [1.29, 1.82) is 0 Å². The van der Waals surface area contributed by atoms with E-state index in [-0.39, 0.29) is 7.11 Å². The summed E-state index contributed by atoms with van der Waals surface area (Å²) in [4.78, 5) is 0. The van der Waals surface area contributed by atoms with Crippen molar-refractivity contribution in [2.24, 2.45) is 7.05 Å². The monoisotopic (exact) mass is 388 g/mol. The van der Waals surface area contributed by atoms with Crippen LogP contribution in [0.5, 0.6) is 0 Å². The van der Waals surface area contributed by atoms with Gasteiger partial charge in [0.15, 0.2) is 0 Å². The number of rotatable bonds is 4. The van der Waals surface area contributed by atoms with Crippen LogP contribution in [0.2, 0.25) is 0 Å². The fourth-order valence-electron chi connectivity index (χ4n) is 1.93. The Labute approximate surface area is 138 Å². The first-order valence-electron chi connectivity index (χ1n) is 7.05. The Morgan fingerprint density at radius 1 is 0.960 bits per heavy atom. The van der Waals surface area contributed by atoms with Gasteiger partial charge in [-0.05, 0) is 13.5 Å². The SMILES string of the molecule is CCCC[n+]1ccn(C)c1.CO[B-](C(F)(F)F)(C(F)(F)F)C(F)(F)F. The highest BCUT2D eigenvalue weighted by Crippen LogP contribution is 2.50. The Balaban J connectivity index is 0.000000496. The summed E-state index contributed by atoms with van der Waals surface area (Å²) in [5.74, 6) is 0. The fraction of sp³-hybridized carbons (Fsp3) is 0.750. The van der Waals surface area contributed by atoms with E-state index in [2.05, 4.69) is 39.4 Å². The van der Waals surface area contributed by atoms with Crippen LogP contribution in [0.1, 0.15) is 19.8 Å². The highest BCUT2D eigenvalue weighted by Gasteiger charge is 2.80. The van der Waals surface area contributed by atoms with E-state index in [1.165, 1.54) is 12.8 Å². The number of hydrogen-bond acceptors (Lipinski definition) is 1. The van der Waals surface area contributed by atoms with Crippen LogP contribution in [0.15, 0.2) is 18.7 Å². The van der Waals surface area contributed by atoms with E-state index in [1.807, 2.05) is 7.05 Å². The fourth-order valence-corrected chi connectivity index (χ4v) is 1.93. The van der Waals surface area contributed by atoms with Crippen LogP contribution in [0.4, 0.5) is 39.5 Å². The second kappa shape index (κ2) is 8.32. The summed E-state index contributed by atoms with van der Waals surface area (Å²) in [6, 6.07) is 0. The number of halogens is 9. The molecule has 0 unspecified atom stereocenters. The lowest BCUT2D eigenvalue weighted by molar-refractivity contribution is -0.696. The zero-order valence-corrected chi connectivity index (χ0v) is 13.6. The molecule has 1 aromatic rings. The molecule has 0 bridgehead atoms. The van der Waals surface area contributed by atoms with Crippen LogP contribution in [0.25, 0.3) is 0 Å². The molecule has 0 aliphatic rings. The Kier molecular flexibility index (Phi) is 7.86. The lowest BCUT2D eigenvalue weighted by Crippen LogP contribution is -2.73. The molecule has 13 heteroatoms. The highest BCUT2D eigenvalue weighted by molar-refractivity contribution is 6.79. The molecule has 0 N–H and O–H groups in total. The molecular weight excluding hydrogens is 370 g/mol. The molecule has 1 rings (SSSR count). The summed E-state index contributed by atoms with van der Waals surface area (Å²) in [5, 5.41) is 0. The lowest BCUT2D eigenvalue weighted by atomic mass is 9.37. The molecule has 0 aliphatic carbocycles. The Morgan fingerprint density at radius 2 is 1.40 bits per heavy atom. The van der Waals surface area contributed by atoms with Gasteiger partial charge in [-0.3, -0.25) is 0 Å². The maximum atomic E-state index is 11.8. The molecule has 148 valence electrons. The molecular formula is C12H18BF9N2O. The van der Waals surface area contributed by atoms with Crippen LogP contribution in [-0.4, -0.2) is 36.3 Å². The van der Waals surface area contributed by atoms with E-state index in [0.29, 0.717) is 0 Å². The van der Waals surface area contributed by atoms with Gasteiger partial charge in [-0.25, -0.2) is 48.6 Å². The molecule has 1 aromatic heterocycles. The molecule has 0 amide bonds. The average Bonchev–Trinajstić information content (AvgIpc) is 2.79. The first-order chi connectivity index (χ1) is 11.1. The van der Waals surface area contributed by atoms with Gasteiger partial charge in [-0.1, -0.05) is 13.3 Å². The van der Waals surface area contributed by atoms with Crippen molar-refractivity contribution in [1.82, 2.24) is 4.57 Å². The van der Waals surface area contributed by atoms with Gasteiger partial charge in [0.2, 0.25) is 6.33 Å². The number of hydrogen-bond donors (Lipinski definition) is 0. The second-order valence-electron chi connectivity index (χ2n) is 5.32. The van der Waals surface area contributed by atoms with Gasteiger partial charge in [0.25, 0.3) is 18.2 Å². The van der Waals surface area contributed by atoms with E-state index in [9.17, 15) is 39.5 Å². The number of aryl methyl sites for hydroxylation is 2. The summed E-state index contributed by atoms with van der Waals surface area (Å²) < 4.78 is 113. The number of unbranched alkanes of at least 4 members (excludes halogenated alkanes) is 1. The minimum absolute atomic E-state index is 0.283. The zero-order chi connectivity index (χ0) is 20.1. The summed E-state index contributed by atoms with van der Waals surface area (Å²) in [6.45, 7) is 3.36. The molecule has 3 nitrogen and oxygen atoms in total. The average molecular weight is 388 g/mol. The summed E-state index contributed by atoms with van der Waals surface area (Å²) >= 11 is 0. The molecule has 0 atom stereocenters. The van der Waals surface area contributed by atoms with Gasteiger partial charge in [-0.15, -0.1) is 0 Å². The molecule has 0 saturated heterocycles. The standard InChI is InChI=1S/C8H15N2.C4H3BF9O/c1-3-4-5-10-7-6-9(2)8-10;1-15-5(2(6,7)8,3(9,10)11)4(12,13)14/h6-8H,3-5H2,1-2H3;1H3/q+1;-1. The second-order valence-corrected chi connectivity index (χ2v) is 5.32. The van der Waals surface area contributed by atoms with Crippen molar-refractivity contribution in [3.63, 3.8) is 0 Å². The number of imidazole rings is 1. The molecule has 25 heavy (non-hydrogen) atoms. The van der Waals surface area contributed by atoms with Gasteiger partial charge in [0.05, 0.1) is 13.6 Å². The maximum Gasteiger partial charge on any atom is 0.450 e. The van der Waals surface area contributed by atoms with E-state index in [0.717, 1.165) is 6.54 Å². The molecule has 0 spiro atoms. The lowest BCUT2D eigenvalue weighted by Gasteiger charge is -2.43. The molecule has 0 fully saturated rings. The zero-order valence-electron chi connectivity index (χ0n) is 13.6. The number of aromatic nitrogens is 2. The topological polar surface area (TPSA) is 18.0 Å². The molecule has 1 heterocycles. The highest BCUT2D eigenvalue weighted by atomic mass is 19.4. The number of alkyl halides is 9. The Bertz CT molecular complexity index is 486. The molecule has 0 radical (unpaired) electrons. The van der Waals surface area contributed by atoms with E-state index >= 15 is 0 Å². The van der Waals surface area contributed by atoms with Gasteiger partial charge in [0, 0.05) is 0 Å². The van der Waals surface area contributed by atoms with E-state index in [4.69, 9.17) is 0 Å². The first kappa shape index (κ1) is 23.6. The molecule has 0 aliphatic heterocycles. The van der Waals surface area contributed by atoms with Crippen LogP contribution in [-0.2, 0) is 18.2 Å². The van der Waals surface area contributed by atoms with Gasteiger partial charge >= 0.3 is 6.35 Å². The van der Waals surface area contributed by atoms with Crippen molar-refractivity contribution in [3.8, 4) is 0 Å². The van der Waals surface area contributed by atoms with Gasteiger partial charge in [0.1, 0.15) is 12.4 Å². The Hall–Kier alpha value is -1.40. The normalized spacial score (nSPS) is 13.4. The Morgan fingerprint density at radius 3 is 1.60 bits per heavy atom. The van der Waals surface area contributed by atoms with Crippen LogP contribution < -0.4 is 4.57 Å². The van der Waals surface area contributed by atoms with Crippen molar-refractivity contribution in [3.05, 3.63) is 18.7 Å². The quantitative estimate of drug-likeness (QED) is 0.434. The number of nitrogens with zero attached hydrogens (tertiary/aromatic N) is 2. The van der Waals surface area contributed by atoms with Crippen molar-refractivity contribution in [2.75, 3.05) is 7.11 Å². The predicted octanol–water partition coefficient (Wildman–Crippen LogP) is 4.00. The molecule has 0 aromatic carbocycles. The summed E-state index contributed by atoms with van der Waals surface area (Å²) in [7, 11) is 1.76. The van der Waals surface area contributed by atoms with Crippen molar-refractivity contribution >= 4 is 6.35 Å². The smallest absolute Gasteiger partial charge is 0.450 e. The predicted molar refractivity (Wildman–Crippen MR) is 71.4 cm³/mol. The minimum Gasteiger partial charge on any atom is -0.574 e. The third-order valence-electron chi connectivity index (χ3n) is 3.33. The van der Waals surface area contributed by atoms with Crippen molar-refractivity contribution < 1.29 is 48.7 Å². The van der Waals surface area contributed by atoms with Gasteiger partial charge < -0.3 is 4.65 Å². The van der Waals surface area contributed by atoms with E-state index < -0.39 is 24.6 Å². The minimum atomic E-state index is -6.92. The third kappa shape index (κ3) is 5.54.